The number of hydrogen-bond donors (Lipinski definition) is 4. The second-order valence-corrected chi connectivity index (χ2v) is 6.75. The van der Waals surface area contributed by atoms with Crippen molar-refractivity contribution in [3.05, 3.63) is 65.4 Å². The molecule has 1 aromatic carbocycles. The molecule has 150 valence electrons. The molecule has 0 unspecified atom stereocenters. The molecular weight excluding hydrogens is 366 g/mol. The number of anilines is 4. The molecule has 0 saturated heterocycles. The number of nitrogens with one attached hydrogen (secondary N) is 4. The van der Waals surface area contributed by atoms with Gasteiger partial charge in [0, 0.05) is 25.0 Å². The van der Waals surface area contributed by atoms with E-state index < -0.39 is 0 Å². The minimum atomic E-state index is -0.244. The SMILES string of the molecule is Cc1ccnc(Nc2ccc(NCCNC(=O)Nc3ccc(C)c(C)c3)nn2)c1. The fourth-order valence-electron chi connectivity index (χ4n) is 2.59. The second-order valence-electron chi connectivity index (χ2n) is 6.75. The van der Waals surface area contributed by atoms with Crippen molar-refractivity contribution in [1.29, 1.82) is 0 Å². The Bertz CT molecular complexity index is 973. The lowest BCUT2D eigenvalue weighted by molar-refractivity contribution is 0.252. The van der Waals surface area contributed by atoms with Crippen molar-refractivity contribution in [2.75, 3.05) is 29.0 Å². The number of nitrogens with zero attached hydrogens (tertiary/aromatic N) is 3. The molecule has 0 aliphatic heterocycles. The van der Waals surface area contributed by atoms with Gasteiger partial charge in [0.05, 0.1) is 0 Å². The lowest BCUT2D eigenvalue weighted by Crippen LogP contribution is -2.32. The van der Waals surface area contributed by atoms with Crippen molar-refractivity contribution in [2.45, 2.75) is 20.8 Å². The summed E-state index contributed by atoms with van der Waals surface area (Å²) in [7, 11) is 0. The number of amides is 2. The van der Waals surface area contributed by atoms with Crippen molar-refractivity contribution < 1.29 is 4.79 Å². The molecule has 0 radical (unpaired) electrons. The second kappa shape index (κ2) is 9.50. The molecule has 8 nitrogen and oxygen atoms in total. The maximum Gasteiger partial charge on any atom is 0.319 e. The lowest BCUT2D eigenvalue weighted by atomic mass is 10.1. The summed E-state index contributed by atoms with van der Waals surface area (Å²) in [5, 5.41) is 20.1. The summed E-state index contributed by atoms with van der Waals surface area (Å²) in [6.07, 6.45) is 1.74. The highest BCUT2D eigenvalue weighted by Gasteiger charge is 2.03. The summed E-state index contributed by atoms with van der Waals surface area (Å²) in [6.45, 7) is 7.03. The van der Waals surface area contributed by atoms with Gasteiger partial charge in [0.25, 0.3) is 0 Å². The van der Waals surface area contributed by atoms with E-state index in [4.69, 9.17) is 0 Å². The van der Waals surface area contributed by atoms with Crippen LogP contribution in [-0.4, -0.2) is 34.3 Å². The first-order valence-electron chi connectivity index (χ1n) is 9.39. The van der Waals surface area contributed by atoms with Crippen LogP contribution in [0, 0.1) is 20.8 Å². The van der Waals surface area contributed by atoms with E-state index in [1.807, 2.05) is 63.2 Å². The van der Waals surface area contributed by atoms with Crippen LogP contribution in [0.2, 0.25) is 0 Å². The van der Waals surface area contributed by atoms with Gasteiger partial charge in [0.1, 0.15) is 11.6 Å². The predicted molar refractivity (Wildman–Crippen MR) is 116 cm³/mol. The fraction of sp³-hybridized carbons (Fsp3) is 0.238. The van der Waals surface area contributed by atoms with Crippen LogP contribution in [0.4, 0.5) is 27.9 Å². The van der Waals surface area contributed by atoms with Gasteiger partial charge in [-0.1, -0.05) is 6.07 Å². The van der Waals surface area contributed by atoms with Gasteiger partial charge in [-0.05, 0) is 73.9 Å². The van der Waals surface area contributed by atoms with Gasteiger partial charge in [0.2, 0.25) is 0 Å². The standard InChI is InChI=1S/C21H25N7O/c1-14-8-9-22-20(12-14)26-19-7-6-18(27-28-19)23-10-11-24-21(29)25-17-5-4-15(2)16(3)13-17/h4-9,12-13H,10-11H2,1-3H3,(H,23,27)(H,22,26,28)(H2,24,25,29). The van der Waals surface area contributed by atoms with Gasteiger partial charge in [-0.25, -0.2) is 9.78 Å². The Morgan fingerprint density at radius 3 is 2.38 bits per heavy atom. The summed E-state index contributed by atoms with van der Waals surface area (Å²) >= 11 is 0. The number of benzene rings is 1. The number of aryl methyl sites for hydroxylation is 3. The van der Waals surface area contributed by atoms with Gasteiger partial charge in [-0.2, -0.15) is 0 Å². The zero-order valence-electron chi connectivity index (χ0n) is 16.8. The van der Waals surface area contributed by atoms with E-state index in [1.54, 1.807) is 6.20 Å². The number of carbonyl (C=O) groups excluding carboxylic acids is 1. The van der Waals surface area contributed by atoms with Crippen LogP contribution in [-0.2, 0) is 0 Å². The normalized spacial score (nSPS) is 10.3. The first kappa shape index (κ1) is 20.1. The Kier molecular flexibility index (Phi) is 6.57. The summed E-state index contributed by atoms with van der Waals surface area (Å²) in [4.78, 5) is 16.2. The highest BCUT2D eigenvalue weighted by molar-refractivity contribution is 5.89. The molecule has 0 spiro atoms. The first-order valence-corrected chi connectivity index (χ1v) is 9.39. The van der Waals surface area contributed by atoms with Crippen LogP contribution in [0.5, 0.6) is 0 Å². The molecule has 0 bridgehead atoms. The average molecular weight is 391 g/mol. The Balaban J connectivity index is 1.40. The number of hydrogen-bond acceptors (Lipinski definition) is 6. The van der Waals surface area contributed by atoms with Crippen molar-refractivity contribution in [3.63, 3.8) is 0 Å². The summed E-state index contributed by atoms with van der Waals surface area (Å²) in [6, 6.07) is 13.1. The molecule has 29 heavy (non-hydrogen) atoms. The quantitative estimate of drug-likeness (QED) is 0.457. The highest BCUT2D eigenvalue weighted by Crippen LogP contribution is 2.14. The maximum absolute atomic E-state index is 12.0. The Labute approximate surface area is 170 Å². The van der Waals surface area contributed by atoms with Crippen molar-refractivity contribution in [2.24, 2.45) is 0 Å². The van der Waals surface area contributed by atoms with Crippen LogP contribution in [0.3, 0.4) is 0 Å². The van der Waals surface area contributed by atoms with Gasteiger partial charge >= 0.3 is 6.03 Å². The Hall–Kier alpha value is -3.68. The molecule has 8 heteroatoms. The minimum absolute atomic E-state index is 0.244. The number of rotatable bonds is 7. The first-order chi connectivity index (χ1) is 14.0. The molecule has 0 atom stereocenters. The van der Waals surface area contributed by atoms with E-state index in [0.717, 1.165) is 22.6 Å². The molecule has 2 amide bonds. The van der Waals surface area contributed by atoms with Crippen LogP contribution in [0.25, 0.3) is 0 Å². The third-order valence-electron chi connectivity index (χ3n) is 4.32. The number of urea groups is 1. The maximum atomic E-state index is 12.0. The predicted octanol–water partition coefficient (Wildman–Crippen LogP) is 3.77. The van der Waals surface area contributed by atoms with Gasteiger partial charge in [-0.3, -0.25) is 0 Å². The molecule has 0 saturated carbocycles. The molecule has 2 heterocycles. The van der Waals surface area contributed by atoms with Crippen LogP contribution < -0.4 is 21.3 Å². The summed E-state index contributed by atoms with van der Waals surface area (Å²) in [5.41, 5.74) is 4.22. The molecule has 0 fully saturated rings. The monoisotopic (exact) mass is 391 g/mol. The molecule has 0 aliphatic carbocycles. The van der Waals surface area contributed by atoms with Crippen LogP contribution >= 0.6 is 0 Å². The molecule has 3 aromatic rings. The number of carbonyl (C=O) groups is 1. The Morgan fingerprint density at radius 2 is 1.66 bits per heavy atom. The van der Waals surface area contributed by atoms with Crippen molar-refractivity contribution in [1.82, 2.24) is 20.5 Å². The van der Waals surface area contributed by atoms with Crippen LogP contribution in [0.1, 0.15) is 16.7 Å². The average Bonchev–Trinajstić information content (AvgIpc) is 2.69. The van der Waals surface area contributed by atoms with Gasteiger partial charge < -0.3 is 21.3 Å². The summed E-state index contributed by atoms with van der Waals surface area (Å²) in [5.74, 6) is 1.96. The van der Waals surface area contributed by atoms with E-state index >= 15 is 0 Å². The zero-order chi connectivity index (χ0) is 20.6. The zero-order valence-corrected chi connectivity index (χ0v) is 16.8. The summed E-state index contributed by atoms with van der Waals surface area (Å²) < 4.78 is 0. The fourth-order valence-corrected chi connectivity index (χ4v) is 2.59. The molecule has 0 aliphatic rings. The van der Waals surface area contributed by atoms with E-state index in [0.29, 0.717) is 24.7 Å². The van der Waals surface area contributed by atoms with Crippen molar-refractivity contribution in [3.8, 4) is 0 Å². The number of pyridine rings is 1. The minimum Gasteiger partial charge on any atom is -0.367 e. The van der Waals surface area contributed by atoms with Crippen molar-refractivity contribution >= 4 is 29.2 Å². The van der Waals surface area contributed by atoms with Crippen LogP contribution in [0.15, 0.2) is 48.7 Å². The van der Waals surface area contributed by atoms with E-state index in [2.05, 4.69) is 36.4 Å². The third kappa shape index (κ3) is 6.17. The van der Waals surface area contributed by atoms with E-state index in [1.165, 1.54) is 5.56 Å². The third-order valence-corrected chi connectivity index (χ3v) is 4.32. The van der Waals surface area contributed by atoms with E-state index in [9.17, 15) is 4.79 Å². The Morgan fingerprint density at radius 1 is 0.862 bits per heavy atom. The van der Waals surface area contributed by atoms with Gasteiger partial charge in [0.15, 0.2) is 5.82 Å². The van der Waals surface area contributed by atoms with Gasteiger partial charge in [-0.15, -0.1) is 10.2 Å². The molecular formula is C21H25N7O. The molecule has 4 N–H and O–H groups in total. The highest BCUT2D eigenvalue weighted by atomic mass is 16.2. The largest absolute Gasteiger partial charge is 0.367 e. The molecule has 3 rings (SSSR count). The van der Waals surface area contributed by atoms with E-state index in [-0.39, 0.29) is 6.03 Å². The number of aromatic nitrogens is 3. The lowest BCUT2D eigenvalue weighted by Gasteiger charge is -2.10. The topological polar surface area (TPSA) is 104 Å². The smallest absolute Gasteiger partial charge is 0.319 e. The molecule has 2 aromatic heterocycles.